The van der Waals surface area contributed by atoms with Crippen molar-refractivity contribution >= 4 is 17.9 Å². The average molecular weight is 295 g/mol. The Morgan fingerprint density at radius 3 is 2.29 bits per heavy atom. The topological polar surface area (TPSA) is 92.9 Å². The Labute approximate surface area is 123 Å². The molecule has 1 spiro atoms. The predicted octanol–water partition coefficient (Wildman–Crippen LogP) is 0.0852. The van der Waals surface area contributed by atoms with Gasteiger partial charge in [-0.1, -0.05) is 0 Å². The lowest BCUT2D eigenvalue weighted by molar-refractivity contribution is -0.145. The van der Waals surface area contributed by atoms with Gasteiger partial charge in [-0.15, -0.1) is 0 Å². The summed E-state index contributed by atoms with van der Waals surface area (Å²) in [6, 6.07) is 0. The number of nitrogens with zero attached hydrogens (tertiary/aromatic N) is 2. The second-order valence-electron chi connectivity index (χ2n) is 6.30. The molecule has 2 aliphatic heterocycles. The van der Waals surface area contributed by atoms with Crippen LogP contribution >= 0.6 is 0 Å². The first-order valence-corrected chi connectivity index (χ1v) is 7.50. The quantitative estimate of drug-likeness (QED) is 0.746. The van der Waals surface area contributed by atoms with Crippen LogP contribution in [0.4, 0.5) is 4.79 Å². The lowest BCUT2D eigenvalue weighted by atomic mass is 9.90. The summed E-state index contributed by atoms with van der Waals surface area (Å²) < 4.78 is 5.53. The lowest BCUT2D eigenvalue weighted by Crippen LogP contribution is -2.52. The van der Waals surface area contributed by atoms with Crippen molar-refractivity contribution in [2.45, 2.75) is 38.2 Å². The molecule has 0 aromatic heterocycles. The van der Waals surface area contributed by atoms with E-state index in [0.29, 0.717) is 51.9 Å². The van der Waals surface area contributed by atoms with Crippen molar-refractivity contribution < 1.29 is 19.1 Å². The molecule has 0 bridgehead atoms. The number of carbonyl (C=O) groups is 3. The maximum atomic E-state index is 12.4. The number of rotatable bonds is 3. The van der Waals surface area contributed by atoms with E-state index in [-0.39, 0.29) is 12.0 Å². The highest BCUT2D eigenvalue weighted by atomic mass is 16.6. The van der Waals surface area contributed by atoms with Crippen LogP contribution in [0.15, 0.2) is 0 Å². The molecule has 0 aromatic carbocycles. The van der Waals surface area contributed by atoms with Gasteiger partial charge in [0.25, 0.3) is 0 Å². The summed E-state index contributed by atoms with van der Waals surface area (Å²) in [7, 11) is 0. The molecule has 0 aromatic rings. The van der Waals surface area contributed by atoms with Gasteiger partial charge in [0, 0.05) is 32.5 Å². The van der Waals surface area contributed by atoms with Crippen LogP contribution in [0.5, 0.6) is 0 Å². The number of amides is 3. The number of piperidine rings is 1. The Bertz CT molecular complexity index is 492. The first kappa shape index (κ1) is 14.2. The number of carbonyl (C=O) groups excluding carboxylic acids is 3. The van der Waals surface area contributed by atoms with Gasteiger partial charge in [0.2, 0.25) is 11.8 Å². The van der Waals surface area contributed by atoms with Crippen molar-refractivity contribution in [1.82, 2.24) is 9.80 Å². The summed E-state index contributed by atoms with van der Waals surface area (Å²) in [5, 5.41) is 0. The van der Waals surface area contributed by atoms with Crippen molar-refractivity contribution in [2.24, 2.45) is 11.1 Å². The van der Waals surface area contributed by atoms with Crippen LogP contribution in [0.2, 0.25) is 0 Å². The van der Waals surface area contributed by atoms with E-state index in [1.165, 1.54) is 0 Å². The molecule has 3 aliphatic rings. The van der Waals surface area contributed by atoms with Crippen molar-refractivity contribution in [2.75, 3.05) is 26.2 Å². The minimum Gasteiger partial charge on any atom is -0.441 e. The summed E-state index contributed by atoms with van der Waals surface area (Å²) in [6.45, 7) is 4.17. The van der Waals surface area contributed by atoms with Crippen LogP contribution in [0.25, 0.3) is 0 Å². The molecule has 116 valence electrons. The summed E-state index contributed by atoms with van der Waals surface area (Å²) in [5.41, 5.74) is 3.93. The molecular weight excluding hydrogens is 274 g/mol. The molecule has 2 N–H and O–H groups in total. The van der Waals surface area contributed by atoms with Crippen LogP contribution in [0.1, 0.15) is 32.6 Å². The van der Waals surface area contributed by atoms with Gasteiger partial charge in [0.15, 0.2) is 0 Å². The van der Waals surface area contributed by atoms with E-state index >= 15 is 0 Å². The van der Waals surface area contributed by atoms with Crippen LogP contribution in [-0.4, -0.2) is 59.5 Å². The molecule has 0 unspecified atom stereocenters. The zero-order valence-corrected chi connectivity index (χ0v) is 12.3. The van der Waals surface area contributed by atoms with Crippen LogP contribution in [-0.2, 0) is 14.3 Å². The first-order valence-electron chi connectivity index (χ1n) is 7.50. The Morgan fingerprint density at radius 1 is 1.24 bits per heavy atom. The molecule has 0 atom stereocenters. The van der Waals surface area contributed by atoms with Gasteiger partial charge in [-0.05, 0) is 19.8 Å². The van der Waals surface area contributed by atoms with E-state index in [1.54, 1.807) is 9.80 Å². The molecule has 2 heterocycles. The van der Waals surface area contributed by atoms with E-state index in [2.05, 4.69) is 0 Å². The molecule has 1 saturated carbocycles. The predicted molar refractivity (Wildman–Crippen MR) is 73.1 cm³/mol. The number of likely N-dealkylation sites (tertiary alicyclic amines) is 1. The third-order valence-electron chi connectivity index (χ3n) is 5.02. The number of hydrogen-bond donors (Lipinski definition) is 1. The Hall–Kier alpha value is -1.79. The van der Waals surface area contributed by atoms with Crippen LogP contribution in [0, 0.1) is 5.41 Å². The van der Waals surface area contributed by atoms with E-state index in [1.807, 2.05) is 6.92 Å². The fraction of sp³-hybridized carbons (Fsp3) is 0.786. The fourth-order valence-electron chi connectivity index (χ4n) is 3.31. The molecule has 3 fully saturated rings. The standard InChI is InChI=1S/C14H21N3O4/c1-2-16-9-13(21-12(16)20)5-7-17(8-6-13)11(19)14(3-4-14)10(15)18/h2-9H2,1H3,(H2,15,18). The van der Waals surface area contributed by atoms with Gasteiger partial charge in [-0.3, -0.25) is 9.59 Å². The molecule has 1 aliphatic carbocycles. The van der Waals surface area contributed by atoms with Gasteiger partial charge in [-0.25, -0.2) is 4.79 Å². The monoisotopic (exact) mass is 295 g/mol. The van der Waals surface area contributed by atoms with E-state index in [0.717, 1.165) is 0 Å². The maximum Gasteiger partial charge on any atom is 0.410 e. The summed E-state index contributed by atoms with van der Waals surface area (Å²) in [5.74, 6) is -0.668. The van der Waals surface area contributed by atoms with Crippen molar-refractivity contribution in [1.29, 1.82) is 0 Å². The zero-order valence-electron chi connectivity index (χ0n) is 12.3. The minimum absolute atomic E-state index is 0.151. The second-order valence-corrected chi connectivity index (χ2v) is 6.30. The lowest BCUT2D eigenvalue weighted by Gasteiger charge is -2.38. The SMILES string of the molecule is CCN1CC2(CCN(C(=O)C3(C(N)=O)CC3)CC2)OC1=O. The molecule has 2 saturated heterocycles. The molecule has 7 heteroatoms. The van der Waals surface area contributed by atoms with Crippen LogP contribution in [0.3, 0.4) is 0 Å². The van der Waals surface area contributed by atoms with Gasteiger partial charge < -0.3 is 20.3 Å². The van der Waals surface area contributed by atoms with Gasteiger partial charge >= 0.3 is 6.09 Å². The Kier molecular flexibility index (Phi) is 3.11. The number of likely N-dealkylation sites (N-methyl/N-ethyl adjacent to an activating group) is 1. The third-order valence-corrected chi connectivity index (χ3v) is 5.02. The number of nitrogens with two attached hydrogens (primary N) is 1. The molecule has 7 nitrogen and oxygen atoms in total. The summed E-state index contributed by atoms with van der Waals surface area (Å²) >= 11 is 0. The molecule has 21 heavy (non-hydrogen) atoms. The normalized spacial score (nSPS) is 25.9. The van der Waals surface area contributed by atoms with E-state index < -0.39 is 16.9 Å². The van der Waals surface area contributed by atoms with Gasteiger partial charge in [-0.2, -0.15) is 0 Å². The highest BCUT2D eigenvalue weighted by Crippen LogP contribution is 2.47. The van der Waals surface area contributed by atoms with Gasteiger partial charge in [0.05, 0.1) is 6.54 Å². The Morgan fingerprint density at radius 2 is 1.86 bits per heavy atom. The minimum atomic E-state index is -0.952. The molecule has 3 rings (SSSR count). The maximum absolute atomic E-state index is 12.4. The van der Waals surface area contributed by atoms with Crippen LogP contribution < -0.4 is 5.73 Å². The first-order chi connectivity index (χ1) is 9.92. The fourth-order valence-corrected chi connectivity index (χ4v) is 3.31. The smallest absolute Gasteiger partial charge is 0.410 e. The number of ether oxygens (including phenoxy) is 1. The molecule has 3 amide bonds. The summed E-state index contributed by atoms with van der Waals surface area (Å²) in [4.78, 5) is 39.0. The zero-order chi connectivity index (χ0) is 15.3. The highest BCUT2D eigenvalue weighted by molar-refractivity contribution is 6.07. The largest absolute Gasteiger partial charge is 0.441 e. The van der Waals surface area contributed by atoms with Crippen molar-refractivity contribution in [3.63, 3.8) is 0 Å². The molecule has 0 radical (unpaired) electrons. The highest BCUT2D eigenvalue weighted by Gasteiger charge is 2.58. The second kappa shape index (κ2) is 4.61. The van der Waals surface area contributed by atoms with Crippen molar-refractivity contribution in [3.8, 4) is 0 Å². The van der Waals surface area contributed by atoms with Crippen molar-refractivity contribution in [3.05, 3.63) is 0 Å². The average Bonchev–Trinajstić information content (AvgIpc) is 3.21. The number of primary amides is 1. The number of hydrogen-bond acceptors (Lipinski definition) is 4. The van der Waals surface area contributed by atoms with Gasteiger partial charge in [0.1, 0.15) is 11.0 Å². The Balaban J connectivity index is 1.63. The van der Waals surface area contributed by atoms with E-state index in [9.17, 15) is 14.4 Å². The van der Waals surface area contributed by atoms with E-state index in [4.69, 9.17) is 10.5 Å². The third kappa shape index (κ3) is 2.15. The summed E-state index contributed by atoms with van der Waals surface area (Å²) in [6.07, 6.45) is 2.09. The molecular formula is C14H21N3O4.